The molecule has 0 bridgehead atoms. The number of aromatic nitrogens is 2. The van der Waals surface area contributed by atoms with Crippen molar-refractivity contribution in [1.82, 2.24) is 9.97 Å². The SMILES string of the molecule is COCCOc1cc2nccc(Oc3ccc(N)c(F)c3)c2cc1C#N.COCCOc1cc2nccc(Oc3ccc(NC(=O)Nc4ccc(F)cc4F)c(F)c3)c2cc1C#N. The van der Waals surface area contributed by atoms with Crippen molar-refractivity contribution in [3.63, 3.8) is 0 Å². The van der Waals surface area contributed by atoms with Gasteiger partial charge in [-0.05, 0) is 60.7 Å². The molecule has 2 amide bonds. The summed E-state index contributed by atoms with van der Waals surface area (Å²) < 4.78 is 87.7. The number of hydrogen-bond acceptors (Lipinski definition) is 12. The van der Waals surface area contributed by atoms with Crippen LogP contribution >= 0.6 is 0 Å². The first-order valence-electron chi connectivity index (χ1n) is 18.6. The zero-order chi connectivity index (χ0) is 44.9. The Morgan fingerprint density at radius 1 is 0.603 bits per heavy atom. The minimum atomic E-state index is -0.975. The highest BCUT2D eigenvalue weighted by molar-refractivity contribution is 6.00. The molecule has 0 fully saturated rings. The van der Waals surface area contributed by atoms with E-state index in [1.807, 2.05) is 0 Å². The van der Waals surface area contributed by atoms with Crippen LogP contribution in [-0.2, 0) is 9.47 Å². The van der Waals surface area contributed by atoms with Gasteiger partial charge in [0, 0.05) is 67.7 Å². The minimum absolute atomic E-state index is 0.0431. The van der Waals surface area contributed by atoms with Crippen LogP contribution in [0.4, 0.5) is 39.4 Å². The van der Waals surface area contributed by atoms with Gasteiger partial charge in [0.1, 0.15) is 83.1 Å². The maximum absolute atomic E-state index is 14.7. The summed E-state index contributed by atoms with van der Waals surface area (Å²) >= 11 is 0. The zero-order valence-electron chi connectivity index (χ0n) is 33.4. The lowest BCUT2D eigenvalue weighted by atomic mass is 10.1. The van der Waals surface area contributed by atoms with Crippen LogP contribution in [-0.4, -0.2) is 56.6 Å². The maximum Gasteiger partial charge on any atom is 0.323 e. The Bertz CT molecular complexity index is 2870. The molecule has 320 valence electrons. The Morgan fingerprint density at radius 3 is 1.54 bits per heavy atom. The monoisotopic (exact) mass is 861 g/mol. The number of pyridine rings is 2. The molecule has 5 aromatic carbocycles. The Hall–Kier alpha value is -8.19. The molecule has 2 aromatic heterocycles. The first-order chi connectivity index (χ1) is 30.5. The first kappa shape index (κ1) is 44.4. The number of halogens is 4. The van der Waals surface area contributed by atoms with Crippen molar-refractivity contribution < 1.29 is 50.8 Å². The summed E-state index contributed by atoms with van der Waals surface area (Å²) in [6.07, 6.45) is 3.06. The fourth-order valence-electron chi connectivity index (χ4n) is 5.71. The summed E-state index contributed by atoms with van der Waals surface area (Å²) in [5.74, 6) is -1.23. The second kappa shape index (κ2) is 20.9. The Balaban J connectivity index is 0.000000223. The van der Waals surface area contributed by atoms with Gasteiger partial charge >= 0.3 is 6.03 Å². The molecule has 0 saturated carbocycles. The average molecular weight is 862 g/mol. The van der Waals surface area contributed by atoms with Gasteiger partial charge in [0.15, 0.2) is 0 Å². The third kappa shape index (κ3) is 11.3. The molecule has 0 saturated heterocycles. The number of benzene rings is 5. The van der Waals surface area contributed by atoms with Gasteiger partial charge in [-0.25, -0.2) is 22.4 Å². The summed E-state index contributed by atoms with van der Waals surface area (Å²) in [6.45, 7) is 1.32. The molecule has 7 rings (SSSR count). The van der Waals surface area contributed by atoms with E-state index in [0.29, 0.717) is 82.0 Å². The van der Waals surface area contributed by atoms with E-state index in [2.05, 4.69) is 32.7 Å². The van der Waals surface area contributed by atoms with Crippen LogP contribution < -0.4 is 35.3 Å². The van der Waals surface area contributed by atoms with Gasteiger partial charge in [-0.3, -0.25) is 9.97 Å². The minimum Gasteiger partial charge on any atom is -0.490 e. The van der Waals surface area contributed by atoms with Crippen molar-refractivity contribution in [1.29, 1.82) is 10.5 Å². The molecular formula is C45H35F4N7O7. The topological polar surface area (TPSA) is 196 Å². The highest BCUT2D eigenvalue weighted by Crippen LogP contribution is 2.36. The normalized spacial score (nSPS) is 10.5. The number of hydrogen-bond donors (Lipinski definition) is 3. The van der Waals surface area contributed by atoms with Crippen molar-refractivity contribution >= 4 is 44.9 Å². The van der Waals surface area contributed by atoms with Crippen LogP contribution in [0.25, 0.3) is 21.8 Å². The van der Waals surface area contributed by atoms with Crippen LogP contribution in [0.2, 0.25) is 0 Å². The van der Waals surface area contributed by atoms with Crippen LogP contribution in [0.3, 0.4) is 0 Å². The quantitative estimate of drug-likeness (QED) is 0.0533. The summed E-state index contributed by atoms with van der Waals surface area (Å²) in [4.78, 5) is 20.7. The third-order valence-corrected chi connectivity index (χ3v) is 8.73. The van der Waals surface area contributed by atoms with Crippen LogP contribution in [0.5, 0.6) is 34.5 Å². The predicted molar refractivity (Wildman–Crippen MR) is 224 cm³/mol. The van der Waals surface area contributed by atoms with E-state index in [9.17, 15) is 32.9 Å². The molecule has 2 heterocycles. The van der Waals surface area contributed by atoms with Gasteiger partial charge in [0.25, 0.3) is 0 Å². The molecule has 0 spiro atoms. The number of carbonyl (C=O) groups excluding carboxylic acids is 1. The van der Waals surface area contributed by atoms with E-state index in [4.69, 9.17) is 34.2 Å². The first-order valence-corrected chi connectivity index (χ1v) is 18.6. The number of urea groups is 1. The second-order valence-corrected chi connectivity index (χ2v) is 13.0. The molecule has 0 unspecified atom stereocenters. The number of nitrogen functional groups attached to an aromatic ring is 1. The van der Waals surface area contributed by atoms with Gasteiger partial charge in [0.05, 0.1) is 52.4 Å². The van der Waals surface area contributed by atoms with Crippen molar-refractivity contribution in [2.24, 2.45) is 0 Å². The molecule has 4 N–H and O–H groups in total. The van der Waals surface area contributed by atoms with Crippen molar-refractivity contribution in [3.8, 4) is 46.6 Å². The van der Waals surface area contributed by atoms with Crippen molar-refractivity contribution in [3.05, 3.63) is 138 Å². The number of nitrogens with one attached hydrogen (secondary N) is 2. The van der Waals surface area contributed by atoms with E-state index < -0.39 is 29.3 Å². The molecule has 0 aliphatic rings. The number of nitrogens with zero attached hydrogens (tertiary/aromatic N) is 4. The summed E-state index contributed by atoms with van der Waals surface area (Å²) in [6, 6.07) is 23.5. The third-order valence-electron chi connectivity index (χ3n) is 8.73. The molecule has 63 heavy (non-hydrogen) atoms. The van der Waals surface area contributed by atoms with E-state index >= 15 is 0 Å². The number of nitriles is 2. The number of fused-ring (bicyclic) bond motifs is 2. The number of carbonyl (C=O) groups is 1. The Labute approximate surface area is 356 Å². The molecule has 0 atom stereocenters. The standard InChI is InChI=1S/C26H19F3N4O4.C19H16FN3O3/c1-35-8-9-36-25-13-23-18(10-15(25)14-30)24(6-7-31-23)37-17-3-5-22(20(29)12-17)33-26(34)32-21-4-2-16(27)11-19(21)28;1-24-6-7-25-19-10-17-14(8-12(19)11-21)18(4-5-23-17)26-13-2-3-16(22)15(20)9-13/h2-7,10-13H,8-9H2,1H3,(H2,32,33,34);2-5,8-10H,6-7,22H2,1H3. The maximum atomic E-state index is 14.7. The van der Waals surface area contributed by atoms with Crippen molar-refractivity contribution in [2.45, 2.75) is 0 Å². The van der Waals surface area contributed by atoms with Gasteiger partial charge in [-0.15, -0.1) is 0 Å². The second-order valence-electron chi connectivity index (χ2n) is 13.0. The highest BCUT2D eigenvalue weighted by atomic mass is 19.1. The average Bonchev–Trinajstić information content (AvgIpc) is 3.27. The van der Waals surface area contributed by atoms with Crippen LogP contribution in [0.15, 0.2) is 103 Å². The Kier molecular flexibility index (Phi) is 14.7. The van der Waals surface area contributed by atoms with Gasteiger partial charge in [0.2, 0.25) is 0 Å². The largest absolute Gasteiger partial charge is 0.490 e. The van der Waals surface area contributed by atoms with Crippen LogP contribution in [0, 0.1) is 45.9 Å². The molecule has 7 aromatic rings. The summed E-state index contributed by atoms with van der Waals surface area (Å²) in [5, 5.41) is 24.5. The fourth-order valence-corrected chi connectivity index (χ4v) is 5.71. The molecular weight excluding hydrogens is 827 g/mol. The number of rotatable bonds is 14. The number of ether oxygens (including phenoxy) is 6. The van der Waals surface area contributed by atoms with E-state index in [1.54, 1.807) is 55.8 Å². The number of anilines is 3. The summed E-state index contributed by atoms with van der Waals surface area (Å²) in [5.41, 5.74) is 6.74. The lowest BCUT2D eigenvalue weighted by molar-refractivity contribution is 0.146. The van der Waals surface area contributed by atoms with E-state index in [-0.39, 0.29) is 35.0 Å². The van der Waals surface area contributed by atoms with Gasteiger partial charge in [-0.2, -0.15) is 10.5 Å². The predicted octanol–water partition coefficient (Wildman–Crippen LogP) is 9.63. The number of amides is 2. The fraction of sp³-hybridized carbons (Fsp3) is 0.133. The smallest absolute Gasteiger partial charge is 0.323 e. The molecule has 0 aliphatic carbocycles. The van der Waals surface area contributed by atoms with Gasteiger partial charge in [-0.1, -0.05) is 0 Å². The molecule has 18 heteroatoms. The van der Waals surface area contributed by atoms with E-state index in [0.717, 1.165) is 18.2 Å². The van der Waals surface area contributed by atoms with Gasteiger partial charge < -0.3 is 44.8 Å². The molecule has 0 radical (unpaired) electrons. The Morgan fingerprint density at radius 2 is 1.08 bits per heavy atom. The summed E-state index contributed by atoms with van der Waals surface area (Å²) in [7, 11) is 3.11. The lowest BCUT2D eigenvalue weighted by Gasteiger charge is -2.13. The number of nitrogens with two attached hydrogens (primary N) is 1. The lowest BCUT2D eigenvalue weighted by Crippen LogP contribution is -2.20. The molecule has 14 nitrogen and oxygen atoms in total. The number of methoxy groups -OCH3 is 2. The highest BCUT2D eigenvalue weighted by Gasteiger charge is 2.16. The van der Waals surface area contributed by atoms with Crippen LogP contribution in [0.1, 0.15) is 11.1 Å². The van der Waals surface area contributed by atoms with E-state index in [1.165, 1.54) is 37.6 Å². The zero-order valence-corrected chi connectivity index (χ0v) is 33.4. The molecule has 0 aliphatic heterocycles. The van der Waals surface area contributed by atoms with Crippen molar-refractivity contribution in [2.75, 3.05) is 57.0 Å².